The van der Waals surface area contributed by atoms with Crippen molar-refractivity contribution >= 4 is 21.9 Å². The van der Waals surface area contributed by atoms with Crippen molar-refractivity contribution in [3.63, 3.8) is 0 Å². The molecule has 0 unspecified atom stereocenters. The molecule has 2 aromatic rings. The van der Waals surface area contributed by atoms with Crippen molar-refractivity contribution in [3.05, 3.63) is 57.6 Å². The van der Waals surface area contributed by atoms with Crippen LogP contribution < -0.4 is 4.74 Å². The number of halogens is 2. The van der Waals surface area contributed by atoms with Crippen molar-refractivity contribution < 1.29 is 19.0 Å². The number of aryl methyl sites for hydroxylation is 1. The van der Waals surface area contributed by atoms with E-state index in [1.807, 2.05) is 0 Å². The second-order valence-corrected chi connectivity index (χ2v) is 4.90. The number of nitrogens with zero attached hydrogens (tertiary/aromatic N) is 1. The number of carbonyl (C=O) groups is 1. The molecule has 104 valence electrons. The van der Waals surface area contributed by atoms with Crippen LogP contribution in [-0.4, -0.2) is 16.1 Å². The topological polar surface area (TPSA) is 59.4 Å². The number of carboxylic acid groups (broad SMARTS) is 1. The third-order valence-corrected chi connectivity index (χ3v) is 3.50. The van der Waals surface area contributed by atoms with E-state index >= 15 is 0 Å². The van der Waals surface area contributed by atoms with Crippen LogP contribution in [0.5, 0.6) is 5.75 Å². The van der Waals surface area contributed by atoms with E-state index in [4.69, 9.17) is 9.84 Å². The lowest BCUT2D eigenvalue weighted by atomic mass is 10.2. The first kappa shape index (κ1) is 14.5. The highest BCUT2D eigenvalue weighted by Crippen LogP contribution is 2.23. The summed E-state index contributed by atoms with van der Waals surface area (Å²) >= 11 is 3.13. The largest absolute Gasteiger partial charge is 0.486 e. The third-order valence-electron chi connectivity index (χ3n) is 2.61. The predicted octanol–water partition coefficient (Wildman–Crippen LogP) is 3.57. The van der Waals surface area contributed by atoms with Crippen molar-refractivity contribution in [1.29, 1.82) is 0 Å². The molecule has 0 atom stereocenters. The fourth-order valence-corrected chi connectivity index (χ4v) is 2.01. The summed E-state index contributed by atoms with van der Waals surface area (Å²) in [6.07, 6.45) is 0. The van der Waals surface area contributed by atoms with Gasteiger partial charge >= 0.3 is 5.97 Å². The van der Waals surface area contributed by atoms with E-state index in [1.54, 1.807) is 31.2 Å². The van der Waals surface area contributed by atoms with Crippen LogP contribution in [0, 0.1) is 12.7 Å². The van der Waals surface area contributed by atoms with Crippen LogP contribution in [0.25, 0.3) is 0 Å². The fourth-order valence-electron chi connectivity index (χ4n) is 1.63. The Morgan fingerprint density at radius 2 is 2.15 bits per heavy atom. The highest BCUT2D eigenvalue weighted by atomic mass is 79.9. The van der Waals surface area contributed by atoms with Crippen LogP contribution in [0.2, 0.25) is 0 Å². The monoisotopic (exact) mass is 339 g/mol. The fraction of sp³-hybridized carbons (Fsp3) is 0.143. The molecular formula is C14H11BrFNO3. The van der Waals surface area contributed by atoms with Crippen LogP contribution >= 0.6 is 15.9 Å². The first-order chi connectivity index (χ1) is 9.49. The van der Waals surface area contributed by atoms with Crippen molar-refractivity contribution in [3.8, 4) is 5.75 Å². The van der Waals surface area contributed by atoms with Gasteiger partial charge in [-0.1, -0.05) is 12.1 Å². The van der Waals surface area contributed by atoms with E-state index in [9.17, 15) is 9.18 Å². The quantitative estimate of drug-likeness (QED) is 0.924. The molecule has 2 rings (SSSR count). The Hall–Kier alpha value is -1.95. The number of pyridine rings is 1. The van der Waals surface area contributed by atoms with Crippen molar-refractivity contribution in [2.75, 3.05) is 0 Å². The molecule has 0 amide bonds. The SMILES string of the molecule is Cc1ccc(OCc2cccc(F)c2Br)c(C(=O)O)n1. The molecule has 1 aromatic heterocycles. The molecule has 0 aliphatic rings. The maximum atomic E-state index is 13.4. The minimum atomic E-state index is -1.16. The van der Waals surface area contributed by atoms with Crippen molar-refractivity contribution in [2.24, 2.45) is 0 Å². The number of aromatic nitrogens is 1. The molecule has 0 saturated carbocycles. The second kappa shape index (κ2) is 6.00. The molecule has 0 aliphatic carbocycles. The van der Waals surface area contributed by atoms with Crippen LogP contribution in [0.1, 0.15) is 21.7 Å². The van der Waals surface area contributed by atoms with Gasteiger partial charge in [0.05, 0.1) is 4.47 Å². The highest BCUT2D eigenvalue weighted by Gasteiger charge is 2.14. The summed E-state index contributed by atoms with van der Waals surface area (Å²) < 4.78 is 19.1. The van der Waals surface area contributed by atoms with Gasteiger partial charge in [0.25, 0.3) is 0 Å². The van der Waals surface area contributed by atoms with E-state index in [2.05, 4.69) is 20.9 Å². The smallest absolute Gasteiger partial charge is 0.358 e. The Balaban J connectivity index is 2.23. The van der Waals surface area contributed by atoms with Gasteiger partial charge in [-0.3, -0.25) is 0 Å². The molecule has 0 aliphatic heterocycles. The van der Waals surface area contributed by atoms with Gasteiger partial charge in [-0.05, 0) is 41.1 Å². The normalized spacial score (nSPS) is 10.3. The minimum absolute atomic E-state index is 0.0450. The second-order valence-electron chi connectivity index (χ2n) is 4.11. The average molecular weight is 340 g/mol. The lowest BCUT2D eigenvalue weighted by Gasteiger charge is -2.10. The number of aromatic carboxylic acids is 1. The maximum absolute atomic E-state index is 13.4. The van der Waals surface area contributed by atoms with Gasteiger partial charge in [0, 0.05) is 11.3 Å². The number of rotatable bonds is 4. The molecule has 1 N–H and O–H groups in total. The summed E-state index contributed by atoms with van der Waals surface area (Å²) in [6, 6.07) is 7.77. The third kappa shape index (κ3) is 3.14. The van der Waals surface area contributed by atoms with Crippen molar-refractivity contribution in [1.82, 2.24) is 4.98 Å². The zero-order valence-corrected chi connectivity index (χ0v) is 12.1. The zero-order valence-electron chi connectivity index (χ0n) is 10.6. The molecule has 0 fully saturated rings. The van der Waals surface area contributed by atoms with Gasteiger partial charge in [0.15, 0.2) is 11.4 Å². The summed E-state index contributed by atoms with van der Waals surface area (Å²) in [5.74, 6) is -1.41. The Morgan fingerprint density at radius 3 is 2.85 bits per heavy atom. The summed E-state index contributed by atoms with van der Waals surface area (Å²) in [5, 5.41) is 9.07. The van der Waals surface area contributed by atoms with Crippen molar-refractivity contribution in [2.45, 2.75) is 13.5 Å². The number of benzene rings is 1. The molecule has 6 heteroatoms. The summed E-state index contributed by atoms with van der Waals surface area (Å²) in [7, 11) is 0. The number of ether oxygens (including phenoxy) is 1. The lowest BCUT2D eigenvalue weighted by molar-refractivity contribution is 0.0684. The van der Waals surface area contributed by atoms with E-state index in [0.29, 0.717) is 15.7 Å². The van der Waals surface area contributed by atoms with Gasteiger partial charge in [-0.2, -0.15) is 0 Å². The van der Waals surface area contributed by atoms with E-state index < -0.39 is 11.8 Å². The molecule has 0 bridgehead atoms. The predicted molar refractivity (Wildman–Crippen MR) is 74.4 cm³/mol. The van der Waals surface area contributed by atoms with Crippen LogP contribution in [-0.2, 0) is 6.61 Å². The van der Waals surface area contributed by atoms with Crippen LogP contribution in [0.4, 0.5) is 4.39 Å². The molecule has 0 spiro atoms. The first-order valence-electron chi connectivity index (χ1n) is 5.75. The standard InChI is InChI=1S/C14H11BrFNO3/c1-8-5-6-11(13(17-8)14(18)19)20-7-9-3-2-4-10(16)12(9)15/h2-6H,7H2,1H3,(H,18,19). The van der Waals surface area contributed by atoms with Gasteiger partial charge < -0.3 is 9.84 Å². The maximum Gasteiger partial charge on any atom is 0.358 e. The molecule has 0 radical (unpaired) electrons. The van der Waals surface area contributed by atoms with Crippen LogP contribution in [0.15, 0.2) is 34.8 Å². The highest BCUT2D eigenvalue weighted by molar-refractivity contribution is 9.10. The molecule has 1 aromatic carbocycles. The Kier molecular flexibility index (Phi) is 4.34. The molecule has 1 heterocycles. The Morgan fingerprint density at radius 1 is 1.40 bits per heavy atom. The first-order valence-corrected chi connectivity index (χ1v) is 6.55. The van der Waals surface area contributed by atoms with Crippen LogP contribution in [0.3, 0.4) is 0 Å². The Labute approximate surface area is 123 Å². The summed E-state index contributed by atoms with van der Waals surface area (Å²) in [4.78, 5) is 15.0. The zero-order chi connectivity index (χ0) is 14.7. The van der Waals surface area contributed by atoms with Gasteiger partial charge in [-0.25, -0.2) is 14.2 Å². The summed E-state index contributed by atoms with van der Waals surface area (Å²) in [5.41, 5.74) is 1.01. The van der Waals surface area contributed by atoms with Gasteiger partial charge in [-0.15, -0.1) is 0 Å². The molecule has 20 heavy (non-hydrogen) atoms. The minimum Gasteiger partial charge on any atom is -0.486 e. The molecular weight excluding hydrogens is 329 g/mol. The van der Waals surface area contributed by atoms with E-state index in [-0.39, 0.29) is 18.1 Å². The van der Waals surface area contributed by atoms with Gasteiger partial charge in [0.2, 0.25) is 0 Å². The Bertz CT molecular complexity index is 661. The van der Waals surface area contributed by atoms with E-state index in [1.165, 1.54) is 6.07 Å². The lowest BCUT2D eigenvalue weighted by Crippen LogP contribution is -2.07. The number of hydrogen-bond acceptors (Lipinski definition) is 3. The number of carboxylic acids is 1. The van der Waals surface area contributed by atoms with Gasteiger partial charge in [0.1, 0.15) is 12.4 Å². The molecule has 4 nitrogen and oxygen atoms in total. The molecule has 0 saturated heterocycles. The average Bonchev–Trinajstić information content (AvgIpc) is 2.41. The van der Waals surface area contributed by atoms with E-state index in [0.717, 1.165) is 0 Å². The summed E-state index contributed by atoms with van der Waals surface area (Å²) in [6.45, 7) is 1.74. The number of hydrogen-bond donors (Lipinski definition) is 1.